The predicted octanol–water partition coefficient (Wildman–Crippen LogP) is 3.39. The maximum atomic E-state index is 13.1. The maximum Gasteiger partial charge on any atom is 0.275 e. The highest BCUT2D eigenvalue weighted by molar-refractivity contribution is 5.95. The lowest BCUT2D eigenvalue weighted by atomic mass is 9.76. The number of aromatic nitrogens is 3. The maximum absolute atomic E-state index is 13.1. The zero-order chi connectivity index (χ0) is 22.2. The van der Waals surface area contributed by atoms with Gasteiger partial charge in [0, 0.05) is 27.5 Å². The molecular formula is C24H33N5O3. The summed E-state index contributed by atoms with van der Waals surface area (Å²) in [5.74, 6) is 0.198. The average Bonchev–Trinajstić information content (AvgIpc) is 3.21. The molecule has 8 nitrogen and oxygen atoms in total. The molecule has 3 N–H and O–H groups in total. The highest BCUT2D eigenvalue weighted by Crippen LogP contribution is 2.35. The van der Waals surface area contributed by atoms with Gasteiger partial charge in [-0.05, 0) is 49.4 Å². The van der Waals surface area contributed by atoms with Crippen LogP contribution in [0.1, 0.15) is 46.9 Å². The van der Waals surface area contributed by atoms with Gasteiger partial charge in [-0.3, -0.25) is 19.4 Å². The van der Waals surface area contributed by atoms with Crippen molar-refractivity contribution in [3.8, 4) is 0 Å². The average molecular weight is 440 g/mol. The van der Waals surface area contributed by atoms with Crippen LogP contribution in [0.5, 0.6) is 0 Å². The Morgan fingerprint density at radius 3 is 2.94 bits per heavy atom. The van der Waals surface area contributed by atoms with Crippen molar-refractivity contribution in [1.82, 2.24) is 19.9 Å². The van der Waals surface area contributed by atoms with E-state index >= 15 is 0 Å². The molecule has 172 valence electrons. The van der Waals surface area contributed by atoms with Crippen LogP contribution in [-0.2, 0) is 29.1 Å². The van der Waals surface area contributed by atoms with Gasteiger partial charge in [0.2, 0.25) is 11.8 Å². The minimum absolute atomic E-state index is 0. The van der Waals surface area contributed by atoms with Crippen molar-refractivity contribution >= 4 is 28.4 Å². The Bertz CT molecular complexity index is 1270. The smallest absolute Gasteiger partial charge is 0.275 e. The largest absolute Gasteiger partial charge is 0.360 e. The molecule has 2 aliphatic rings. The number of pyridine rings is 2. The number of rotatable bonds is 6. The van der Waals surface area contributed by atoms with Crippen LogP contribution < -0.4 is 16.2 Å². The number of nitrogens with one attached hydrogen (secondary N) is 3. The molecule has 4 heterocycles. The lowest BCUT2D eigenvalue weighted by molar-refractivity contribution is -0.122. The van der Waals surface area contributed by atoms with E-state index in [1.54, 1.807) is 6.20 Å². The Kier molecular flexibility index (Phi) is 5.28. The summed E-state index contributed by atoms with van der Waals surface area (Å²) < 4.78 is 1.42. The van der Waals surface area contributed by atoms with Crippen molar-refractivity contribution in [1.29, 1.82) is 0 Å². The van der Waals surface area contributed by atoms with Crippen molar-refractivity contribution < 1.29 is 13.9 Å². The van der Waals surface area contributed by atoms with E-state index in [0.29, 0.717) is 23.7 Å². The Balaban J connectivity index is 0.00000144. The molecule has 0 aromatic carbocycles. The van der Waals surface area contributed by atoms with Crippen LogP contribution in [0.15, 0.2) is 35.4 Å². The molecule has 8 heteroatoms. The first-order valence-corrected chi connectivity index (χ1v) is 11.2. The quantitative estimate of drug-likeness (QED) is 0.547. The lowest BCUT2D eigenvalue weighted by Crippen LogP contribution is -2.39. The van der Waals surface area contributed by atoms with Crippen LogP contribution in [0.4, 0.5) is 5.69 Å². The molecule has 1 aliphatic heterocycles. The normalized spacial score (nSPS) is 18.2. The number of hydrogen-bond donors (Lipinski definition) is 3. The van der Waals surface area contributed by atoms with Gasteiger partial charge in [0.25, 0.3) is 5.56 Å². The third kappa shape index (κ3) is 3.92. The molecule has 5 rings (SSSR count). The Labute approximate surface area is 189 Å². The van der Waals surface area contributed by atoms with Crippen molar-refractivity contribution in [3.05, 3.63) is 57.9 Å². The molecule has 0 bridgehead atoms. The van der Waals surface area contributed by atoms with Gasteiger partial charge in [0.05, 0.1) is 24.0 Å². The topological polar surface area (TPSA) is 109 Å². The molecule has 32 heavy (non-hydrogen) atoms. The second-order valence-corrected chi connectivity index (χ2v) is 9.02. The molecule has 3 aromatic heterocycles. The Morgan fingerprint density at radius 1 is 1.31 bits per heavy atom. The second-order valence-electron chi connectivity index (χ2n) is 9.02. The molecule has 3 aromatic rings. The van der Waals surface area contributed by atoms with Gasteiger partial charge in [-0.25, -0.2) is 0 Å². The first-order chi connectivity index (χ1) is 15.5. The SMILES string of the molecule is Cc1cc2c(c(=O)n1CC(=O)NCc1cc3cc[nH]c3cn1)NC(=O)[C@H](CC1CCC1)C2.[HH].[HH].[HH]. The zero-order valence-corrected chi connectivity index (χ0v) is 18.1. The number of amides is 2. The van der Waals surface area contributed by atoms with E-state index in [1.165, 1.54) is 23.8 Å². The number of nitrogens with zero attached hydrogens (tertiary/aromatic N) is 2. The number of aromatic amines is 1. The highest BCUT2D eigenvalue weighted by atomic mass is 16.2. The summed E-state index contributed by atoms with van der Waals surface area (Å²) in [6, 6.07) is 5.79. The molecule has 1 saturated carbocycles. The number of carbonyl (C=O) groups excluding carboxylic acids is 2. The van der Waals surface area contributed by atoms with Gasteiger partial charge in [0.15, 0.2) is 0 Å². The van der Waals surface area contributed by atoms with E-state index in [0.717, 1.165) is 28.6 Å². The van der Waals surface area contributed by atoms with E-state index in [2.05, 4.69) is 20.6 Å². The van der Waals surface area contributed by atoms with Gasteiger partial charge in [0.1, 0.15) is 12.2 Å². The van der Waals surface area contributed by atoms with Crippen LogP contribution in [0.25, 0.3) is 10.9 Å². The summed E-state index contributed by atoms with van der Waals surface area (Å²) in [6.07, 6.45) is 8.69. The molecule has 1 aliphatic carbocycles. The van der Waals surface area contributed by atoms with E-state index in [4.69, 9.17) is 0 Å². The molecule has 1 fully saturated rings. The lowest BCUT2D eigenvalue weighted by Gasteiger charge is -2.32. The molecule has 0 radical (unpaired) electrons. The van der Waals surface area contributed by atoms with Crippen LogP contribution in [0.3, 0.4) is 0 Å². The van der Waals surface area contributed by atoms with Crippen molar-refractivity contribution in [2.45, 2.75) is 52.1 Å². The van der Waals surface area contributed by atoms with E-state index in [9.17, 15) is 14.4 Å². The third-order valence-electron chi connectivity index (χ3n) is 6.78. The molecule has 0 saturated heterocycles. The van der Waals surface area contributed by atoms with Crippen molar-refractivity contribution in [2.75, 3.05) is 5.32 Å². The highest BCUT2D eigenvalue weighted by Gasteiger charge is 2.32. The number of anilines is 1. The summed E-state index contributed by atoms with van der Waals surface area (Å²) in [4.78, 5) is 45.6. The first-order valence-electron chi connectivity index (χ1n) is 11.2. The van der Waals surface area contributed by atoms with Crippen LogP contribution in [-0.4, -0.2) is 26.3 Å². The first kappa shape index (κ1) is 20.5. The summed E-state index contributed by atoms with van der Waals surface area (Å²) in [5, 5.41) is 6.68. The van der Waals surface area contributed by atoms with Gasteiger partial charge < -0.3 is 20.2 Å². The van der Waals surface area contributed by atoms with Crippen LogP contribution >= 0.6 is 0 Å². The molecule has 0 spiro atoms. The molecule has 2 amide bonds. The predicted molar refractivity (Wildman–Crippen MR) is 128 cm³/mol. The van der Waals surface area contributed by atoms with Gasteiger partial charge in [-0.15, -0.1) is 0 Å². The number of carbonyl (C=O) groups is 2. The number of aryl methyl sites for hydroxylation is 1. The summed E-state index contributed by atoms with van der Waals surface area (Å²) >= 11 is 0. The van der Waals surface area contributed by atoms with Gasteiger partial charge >= 0.3 is 0 Å². The molecule has 0 unspecified atom stereocenters. The zero-order valence-electron chi connectivity index (χ0n) is 18.1. The fourth-order valence-electron chi connectivity index (χ4n) is 4.71. The second kappa shape index (κ2) is 8.26. The van der Waals surface area contributed by atoms with Crippen LogP contribution in [0, 0.1) is 18.8 Å². The monoisotopic (exact) mass is 439 g/mol. The summed E-state index contributed by atoms with van der Waals surface area (Å²) in [5.41, 5.74) is 3.26. The summed E-state index contributed by atoms with van der Waals surface area (Å²) in [7, 11) is 0. The fourth-order valence-corrected chi connectivity index (χ4v) is 4.71. The molecule has 1 atom stereocenters. The molecular weight excluding hydrogens is 406 g/mol. The minimum atomic E-state index is -0.322. The number of hydrogen-bond acceptors (Lipinski definition) is 4. The van der Waals surface area contributed by atoms with Crippen molar-refractivity contribution in [2.24, 2.45) is 11.8 Å². The Hall–Kier alpha value is -3.42. The third-order valence-corrected chi connectivity index (χ3v) is 6.78. The van der Waals surface area contributed by atoms with E-state index in [1.807, 2.05) is 31.3 Å². The Morgan fingerprint density at radius 2 is 2.16 bits per heavy atom. The van der Waals surface area contributed by atoms with Crippen molar-refractivity contribution in [3.63, 3.8) is 0 Å². The fraction of sp³-hybridized carbons (Fsp3) is 0.417. The van der Waals surface area contributed by atoms with Crippen LogP contribution in [0.2, 0.25) is 0 Å². The number of fused-ring (bicyclic) bond motifs is 2. The van der Waals surface area contributed by atoms with E-state index < -0.39 is 0 Å². The van der Waals surface area contributed by atoms with Gasteiger partial charge in [-0.2, -0.15) is 0 Å². The number of H-pyrrole nitrogens is 1. The standard InChI is InChI=1S/C24H27N5O3.3H2/c1-14-7-17-9-18(8-15-3-2-4-15)23(31)28-22(17)24(32)29(14)13-21(30)27-11-19-10-16-5-6-25-20(16)12-26-19;;;/h5-7,10,12,15,18,25H,2-4,8-9,11,13H2,1H3,(H,27,30)(H,28,31);3*1H/t18-;;;/m1.../s1. The minimum Gasteiger partial charge on any atom is -0.360 e. The van der Waals surface area contributed by atoms with Gasteiger partial charge in [-0.1, -0.05) is 19.3 Å². The van der Waals surface area contributed by atoms with E-state index in [-0.39, 0.29) is 40.7 Å². The summed E-state index contributed by atoms with van der Waals surface area (Å²) in [6.45, 7) is 2.00.